The highest BCUT2D eigenvalue weighted by molar-refractivity contribution is 6.01. The van der Waals surface area contributed by atoms with Gasteiger partial charge in [-0.1, -0.05) is 60.7 Å². The number of nitrogens with zero attached hydrogens (tertiary/aromatic N) is 2. The number of H-pyrrole nitrogens is 1. The number of anilines is 1. The van der Waals surface area contributed by atoms with Crippen molar-refractivity contribution in [2.45, 2.75) is 19.5 Å². The molecule has 5 heteroatoms. The maximum absolute atomic E-state index is 12.2. The number of aromatic nitrogens is 2. The van der Waals surface area contributed by atoms with E-state index in [4.69, 9.17) is 0 Å². The lowest BCUT2D eigenvalue weighted by Crippen LogP contribution is -2.20. The first-order chi connectivity index (χ1) is 13.3. The highest BCUT2D eigenvalue weighted by atomic mass is 16.1. The Labute approximate surface area is 158 Å². The average Bonchev–Trinajstić information content (AvgIpc) is 3.28. The van der Waals surface area contributed by atoms with Crippen LogP contribution in [0.2, 0.25) is 0 Å². The van der Waals surface area contributed by atoms with E-state index in [1.807, 2.05) is 36.4 Å². The predicted molar refractivity (Wildman–Crippen MR) is 107 cm³/mol. The molecule has 2 N–H and O–H groups in total. The van der Waals surface area contributed by atoms with Crippen LogP contribution in [0.4, 0.5) is 5.82 Å². The zero-order valence-electron chi connectivity index (χ0n) is 15.1. The first kappa shape index (κ1) is 17.2. The van der Waals surface area contributed by atoms with Crippen molar-refractivity contribution < 1.29 is 4.79 Å². The molecule has 0 aliphatic carbocycles. The largest absolute Gasteiger partial charge is 0.305 e. The lowest BCUT2D eigenvalue weighted by molar-refractivity contribution is -0.111. The first-order valence-corrected chi connectivity index (χ1v) is 9.14. The van der Waals surface area contributed by atoms with Crippen molar-refractivity contribution in [3.63, 3.8) is 0 Å². The van der Waals surface area contributed by atoms with Crippen molar-refractivity contribution in [3.8, 4) is 0 Å². The molecular weight excluding hydrogens is 336 g/mol. The molecule has 136 valence electrons. The molecule has 27 heavy (non-hydrogen) atoms. The number of hydrogen-bond acceptors (Lipinski definition) is 3. The maximum atomic E-state index is 12.2. The number of fused-ring (bicyclic) bond motifs is 1. The van der Waals surface area contributed by atoms with Gasteiger partial charge in [0.05, 0.1) is 5.69 Å². The van der Waals surface area contributed by atoms with E-state index in [1.54, 1.807) is 12.2 Å². The van der Waals surface area contributed by atoms with E-state index in [2.05, 4.69) is 44.7 Å². The topological polar surface area (TPSA) is 61.0 Å². The lowest BCUT2D eigenvalue weighted by atomic mass is 10.1. The van der Waals surface area contributed by atoms with Gasteiger partial charge in [0.15, 0.2) is 5.82 Å². The Morgan fingerprint density at radius 3 is 2.59 bits per heavy atom. The molecule has 5 nitrogen and oxygen atoms in total. The predicted octanol–water partition coefficient (Wildman–Crippen LogP) is 3.62. The van der Waals surface area contributed by atoms with Crippen molar-refractivity contribution in [1.82, 2.24) is 15.1 Å². The molecule has 1 aromatic heterocycles. The number of nitrogens with one attached hydrogen (secondary N) is 2. The van der Waals surface area contributed by atoms with Gasteiger partial charge >= 0.3 is 0 Å². The van der Waals surface area contributed by atoms with Gasteiger partial charge in [-0.25, -0.2) is 0 Å². The summed E-state index contributed by atoms with van der Waals surface area (Å²) in [6.45, 7) is 2.62. The van der Waals surface area contributed by atoms with Crippen molar-refractivity contribution >= 4 is 17.8 Å². The minimum Gasteiger partial charge on any atom is -0.305 e. The smallest absolute Gasteiger partial charge is 0.249 e. The van der Waals surface area contributed by atoms with E-state index in [0.717, 1.165) is 42.9 Å². The van der Waals surface area contributed by atoms with Crippen LogP contribution in [0.5, 0.6) is 0 Å². The van der Waals surface area contributed by atoms with Crippen LogP contribution >= 0.6 is 0 Å². The van der Waals surface area contributed by atoms with Gasteiger partial charge in [-0.15, -0.1) is 0 Å². The minimum atomic E-state index is -0.170. The van der Waals surface area contributed by atoms with Gasteiger partial charge in [-0.3, -0.25) is 14.8 Å². The summed E-state index contributed by atoms with van der Waals surface area (Å²) in [6, 6.07) is 20.3. The SMILES string of the molecule is O=C(C=Cc1ccccc1)Nc1n[nH]c2c1CN(CCc1ccccc1)C2. The summed E-state index contributed by atoms with van der Waals surface area (Å²) in [4.78, 5) is 14.6. The molecular formula is C22H22N4O. The zero-order chi connectivity index (χ0) is 18.5. The fourth-order valence-electron chi connectivity index (χ4n) is 3.29. The number of carbonyl (C=O) groups excluding carboxylic acids is 1. The molecule has 0 spiro atoms. The zero-order valence-corrected chi connectivity index (χ0v) is 15.1. The summed E-state index contributed by atoms with van der Waals surface area (Å²) in [5.41, 5.74) is 4.51. The molecule has 1 aliphatic rings. The molecule has 0 saturated carbocycles. The molecule has 4 rings (SSSR count). The van der Waals surface area contributed by atoms with Crippen LogP contribution in [-0.2, 0) is 24.3 Å². The summed E-state index contributed by atoms with van der Waals surface area (Å²) >= 11 is 0. The lowest BCUT2D eigenvalue weighted by Gasteiger charge is -2.15. The number of carbonyl (C=O) groups is 1. The van der Waals surface area contributed by atoms with E-state index >= 15 is 0 Å². The van der Waals surface area contributed by atoms with Crippen molar-refractivity contribution in [1.29, 1.82) is 0 Å². The molecule has 0 radical (unpaired) electrons. The second-order valence-corrected chi connectivity index (χ2v) is 6.71. The fraction of sp³-hybridized carbons (Fsp3) is 0.182. The van der Waals surface area contributed by atoms with E-state index < -0.39 is 0 Å². The second kappa shape index (κ2) is 8.01. The Morgan fingerprint density at radius 2 is 1.81 bits per heavy atom. The Bertz CT molecular complexity index is 931. The van der Waals surface area contributed by atoms with E-state index in [1.165, 1.54) is 5.56 Å². The number of aromatic amines is 1. The van der Waals surface area contributed by atoms with Crippen LogP contribution in [0.25, 0.3) is 6.08 Å². The molecule has 2 heterocycles. The summed E-state index contributed by atoms with van der Waals surface area (Å²) in [7, 11) is 0. The van der Waals surface area contributed by atoms with E-state index in [-0.39, 0.29) is 5.91 Å². The normalized spacial score (nSPS) is 13.8. The third-order valence-electron chi connectivity index (χ3n) is 4.74. The highest BCUT2D eigenvalue weighted by Gasteiger charge is 2.25. The Balaban J connectivity index is 1.33. The molecule has 0 unspecified atom stereocenters. The molecule has 0 atom stereocenters. The third-order valence-corrected chi connectivity index (χ3v) is 4.74. The molecule has 0 saturated heterocycles. The monoisotopic (exact) mass is 358 g/mol. The van der Waals surface area contributed by atoms with E-state index in [0.29, 0.717) is 5.82 Å². The fourth-order valence-corrected chi connectivity index (χ4v) is 3.29. The van der Waals surface area contributed by atoms with Gasteiger partial charge in [-0.05, 0) is 23.6 Å². The van der Waals surface area contributed by atoms with Crippen molar-refractivity contribution in [3.05, 3.63) is 89.1 Å². The second-order valence-electron chi connectivity index (χ2n) is 6.71. The van der Waals surface area contributed by atoms with Gasteiger partial charge in [-0.2, -0.15) is 5.10 Å². The summed E-state index contributed by atoms with van der Waals surface area (Å²) < 4.78 is 0. The van der Waals surface area contributed by atoms with Crippen LogP contribution in [-0.4, -0.2) is 27.5 Å². The van der Waals surface area contributed by atoms with Gasteiger partial charge in [0.1, 0.15) is 0 Å². The van der Waals surface area contributed by atoms with Gasteiger partial charge in [0.2, 0.25) is 5.91 Å². The highest BCUT2D eigenvalue weighted by Crippen LogP contribution is 2.27. The summed E-state index contributed by atoms with van der Waals surface area (Å²) in [5, 5.41) is 10.2. The minimum absolute atomic E-state index is 0.170. The number of benzene rings is 2. The van der Waals surface area contributed by atoms with Crippen LogP contribution in [0.15, 0.2) is 66.7 Å². The number of hydrogen-bond donors (Lipinski definition) is 2. The van der Waals surface area contributed by atoms with Gasteiger partial charge in [0.25, 0.3) is 0 Å². The third kappa shape index (κ3) is 4.33. The number of amides is 1. The quantitative estimate of drug-likeness (QED) is 0.662. The Kier molecular flexibility index (Phi) is 5.12. The Hall–Kier alpha value is -3.18. The molecule has 2 aromatic carbocycles. The summed E-state index contributed by atoms with van der Waals surface area (Å²) in [5.74, 6) is 0.464. The molecule has 0 fully saturated rings. The molecule has 3 aromatic rings. The van der Waals surface area contributed by atoms with Crippen molar-refractivity contribution in [2.24, 2.45) is 0 Å². The average molecular weight is 358 g/mol. The number of rotatable bonds is 6. The first-order valence-electron chi connectivity index (χ1n) is 9.14. The molecule has 1 aliphatic heterocycles. The van der Waals surface area contributed by atoms with Gasteiger partial charge < -0.3 is 5.32 Å². The molecule has 0 bridgehead atoms. The summed E-state index contributed by atoms with van der Waals surface area (Å²) in [6.07, 6.45) is 4.35. The van der Waals surface area contributed by atoms with Crippen LogP contribution in [0.1, 0.15) is 22.4 Å². The van der Waals surface area contributed by atoms with Crippen molar-refractivity contribution in [2.75, 3.05) is 11.9 Å². The van der Waals surface area contributed by atoms with Crippen LogP contribution < -0.4 is 5.32 Å². The van der Waals surface area contributed by atoms with E-state index in [9.17, 15) is 4.79 Å². The Morgan fingerprint density at radius 1 is 1.07 bits per heavy atom. The molecule has 1 amide bonds. The van der Waals surface area contributed by atoms with Gasteiger partial charge in [0, 0.05) is 31.3 Å². The standard InChI is InChI=1S/C22H22N4O/c27-21(12-11-17-7-3-1-4-8-17)23-22-19-15-26(16-20(19)24-25-22)14-13-18-9-5-2-6-10-18/h1-12H,13-16H2,(H2,23,24,25,27). The van der Waals surface area contributed by atoms with Crippen LogP contribution in [0.3, 0.4) is 0 Å². The van der Waals surface area contributed by atoms with Crippen LogP contribution in [0, 0.1) is 0 Å². The maximum Gasteiger partial charge on any atom is 0.249 e.